The van der Waals surface area contributed by atoms with Gasteiger partial charge < -0.3 is 0 Å². The van der Waals surface area contributed by atoms with Crippen molar-refractivity contribution in [2.24, 2.45) is 0 Å². The number of benzene rings is 1. The number of rotatable bonds is 4. The van der Waals surface area contributed by atoms with Crippen LogP contribution in [0.2, 0.25) is 5.02 Å². The lowest BCUT2D eigenvalue weighted by Crippen LogP contribution is -2.14. The number of carbonyl (C=O) groups excluding carboxylic acids is 1. The number of para-hydroxylation sites is 1. The number of anilines is 1. The second kappa shape index (κ2) is 5.93. The molecule has 0 aliphatic carbocycles. The molecule has 9 heteroatoms. The maximum absolute atomic E-state index is 12.1. The molecule has 1 N–H and O–H groups in total. The van der Waals surface area contributed by atoms with E-state index in [2.05, 4.69) is 15.5 Å². The highest BCUT2D eigenvalue weighted by molar-refractivity contribution is 7.15. The second-order valence-corrected chi connectivity index (χ2v) is 5.17. The van der Waals surface area contributed by atoms with E-state index in [-0.39, 0.29) is 10.6 Å². The Morgan fingerprint density at radius 1 is 1.50 bits per heavy atom. The van der Waals surface area contributed by atoms with E-state index in [1.165, 1.54) is 29.5 Å². The first kappa shape index (κ1) is 14.4. The van der Waals surface area contributed by atoms with Crippen molar-refractivity contribution in [1.82, 2.24) is 10.2 Å². The lowest BCUT2D eigenvalue weighted by molar-refractivity contribution is -0.385. The minimum absolute atomic E-state index is 0.0887. The maximum atomic E-state index is 12.1. The largest absolute Gasteiger partial charge is 0.300 e. The average molecular weight is 313 g/mol. The number of carbonyl (C=O) groups is 1. The molecule has 1 aromatic carbocycles. The van der Waals surface area contributed by atoms with E-state index in [1.807, 2.05) is 6.92 Å². The zero-order valence-corrected chi connectivity index (χ0v) is 11.9. The number of aryl methyl sites for hydroxylation is 1. The van der Waals surface area contributed by atoms with E-state index in [9.17, 15) is 14.9 Å². The molecule has 0 saturated carbocycles. The molecule has 7 nitrogen and oxygen atoms in total. The molecule has 1 heterocycles. The number of nitrogens with zero attached hydrogens (tertiary/aromatic N) is 3. The van der Waals surface area contributed by atoms with Gasteiger partial charge in [0.05, 0.1) is 4.92 Å². The van der Waals surface area contributed by atoms with E-state index in [0.29, 0.717) is 11.6 Å². The zero-order chi connectivity index (χ0) is 14.7. The van der Waals surface area contributed by atoms with Crippen LogP contribution in [0.5, 0.6) is 0 Å². The van der Waals surface area contributed by atoms with E-state index < -0.39 is 16.5 Å². The molecule has 104 valence electrons. The van der Waals surface area contributed by atoms with Crippen LogP contribution in [0.25, 0.3) is 0 Å². The molecule has 0 saturated heterocycles. The van der Waals surface area contributed by atoms with Crippen molar-refractivity contribution in [2.45, 2.75) is 13.3 Å². The van der Waals surface area contributed by atoms with Gasteiger partial charge in [-0.1, -0.05) is 35.9 Å². The Morgan fingerprint density at radius 2 is 2.25 bits per heavy atom. The van der Waals surface area contributed by atoms with E-state index in [4.69, 9.17) is 11.6 Å². The highest BCUT2D eigenvalue weighted by Gasteiger charge is 2.24. The molecule has 2 rings (SSSR count). The molecule has 20 heavy (non-hydrogen) atoms. The molecule has 0 atom stereocenters. The van der Waals surface area contributed by atoms with Gasteiger partial charge in [-0.3, -0.25) is 20.2 Å². The Labute approximate surface area is 122 Å². The van der Waals surface area contributed by atoms with Crippen LogP contribution >= 0.6 is 22.9 Å². The third kappa shape index (κ3) is 2.91. The fraction of sp³-hybridized carbons (Fsp3) is 0.182. The van der Waals surface area contributed by atoms with Gasteiger partial charge in [0, 0.05) is 0 Å². The van der Waals surface area contributed by atoms with E-state index >= 15 is 0 Å². The van der Waals surface area contributed by atoms with Crippen LogP contribution in [0.1, 0.15) is 22.3 Å². The summed E-state index contributed by atoms with van der Waals surface area (Å²) >= 11 is 6.97. The minimum Gasteiger partial charge on any atom is -0.296 e. The molecule has 0 spiro atoms. The fourth-order valence-electron chi connectivity index (χ4n) is 1.50. The van der Waals surface area contributed by atoms with Crippen molar-refractivity contribution < 1.29 is 9.72 Å². The normalized spacial score (nSPS) is 10.3. The Morgan fingerprint density at radius 3 is 2.85 bits per heavy atom. The summed E-state index contributed by atoms with van der Waals surface area (Å²) in [5, 5.41) is 22.0. The van der Waals surface area contributed by atoms with Crippen molar-refractivity contribution in [2.75, 3.05) is 5.32 Å². The Bertz CT molecular complexity index is 673. The molecular formula is C11H9ClN4O3S. The first-order valence-electron chi connectivity index (χ1n) is 5.59. The third-order valence-electron chi connectivity index (χ3n) is 2.40. The summed E-state index contributed by atoms with van der Waals surface area (Å²) in [5.74, 6) is -0.641. The van der Waals surface area contributed by atoms with Gasteiger partial charge in [-0.2, -0.15) is 0 Å². The van der Waals surface area contributed by atoms with Crippen LogP contribution in [-0.4, -0.2) is 21.0 Å². The predicted octanol–water partition coefficient (Wildman–Crippen LogP) is 2.91. The number of nitro benzene ring substituents is 1. The van der Waals surface area contributed by atoms with Crippen molar-refractivity contribution in [1.29, 1.82) is 0 Å². The Kier molecular flexibility index (Phi) is 4.26. The third-order valence-corrected chi connectivity index (χ3v) is 3.69. The topological polar surface area (TPSA) is 98.0 Å². The highest BCUT2D eigenvalue weighted by Crippen LogP contribution is 2.29. The smallest absolute Gasteiger partial charge is 0.296 e. The first-order valence-corrected chi connectivity index (χ1v) is 6.79. The van der Waals surface area contributed by atoms with Crippen LogP contribution in [0.4, 0.5) is 10.8 Å². The van der Waals surface area contributed by atoms with Gasteiger partial charge in [0.1, 0.15) is 15.6 Å². The molecule has 1 amide bonds. The summed E-state index contributed by atoms with van der Waals surface area (Å²) in [6.07, 6.45) is 0.699. The molecular weight excluding hydrogens is 304 g/mol. The van der Waals surface area contributed by atoms with Crippen LogP contribution < -0.4 is 5.32 Å². The van der Waals surface area contributed by atoms with E-state index in [1.54, 1.807) is 0 Å². The van der Waals surface area contributed by atoms with Gasteiger partial charge in [0.25, 0.3) is 5.91 Å². The quantitative estimate of drug-likeness (QED) is 0.691. The molecule has 1 aromatic heterocycles. The number of hydrogen-bond donors (Lipinski definition) is 1. The van der Waals surface area contributed by atoms with Gasteiger partial charge in [0.2, 0.25) is 5.13 Å². The molecule has 2 aromatic rings. The molecule has 0 unspecified atom stereocenters. The van der Waals surface area contributed by atoms with Crippen molar-refractivity contribution in [3.63, 3.8) is 0 Å². The summed E-state index contributed by atoms with van der Waals surface area (Å²) in [7, 11) is 0. The van der Waals surface area contributed by atoms with Gasteiger partial charge in [0.15, 0.2) is 0 Å². The SMILES string of the molecule is CCc1nnc(NC(=O)c2cccc(Cl)c2[N+](=O)[O-])s1. The lowest BCUT2D eigenvalue weighted by Gasteiger charge is -2.03. The maximum Gasteiger partial charge on any atom is 0.300 e. The molecule has 0 bridgehead atoms. The first-order chi connectivity index (χ1) is 9.52. The van der Waals surface area contributed by atoms with Crippen LogP contribution in [0, 0.1) is 10.1 Å². The van der Waals surface area contributed by atoms with Crippen LogP contribution in [0.3, 0.4) is 0 Å². The van der Waals surface area contributed by atoms with Gasteiger partial charge in [-0.25, -0.2) is 0 Å². The standard InChI is InChI=1S/C11H9ClN4O3S/c1-2-8-14-15-11(20-8)13-10(17)6-4-3-5-7(12)9(6)16(18)19/h3-5H,2H2,1H3,(H,13,15,17). The average Bonchev–Trinajstić information content (AvgIpc) is 2.85. The number of halogens is 1. The number of nitro groups is 1. The minimum atomic E-state index is -0.686. The summed E-state index contributed by atoms with van der Waals surface area (Å²) in [5.41, 5.74) is -0.539. The summed E-state index contributed by atoms with van der Waals surface area (Å²) in [6, 6.07) is 4.17. The number of aromatic nitrogens is 2. The summed E-state index contributed by atoms with van der Waals surface area (Å²) < 4.78 is 0. The summed E-state index contributed by atoms with van der Waals surface area (Å²) in [6.45, 7) is 1.91. The highest BCUT2D eigenvalue weighted by atomic mass is 35.5. The Balaban J connectivity index is 2.29. The van der Waals surface area contributed by atoms with Crippen molar-refractivity contribution in [3.8, 4) is 0 Å². The van der Waals surface area contributed by atoms with Gasteiger partial charge >= 0.3 is 5.69 Å². The number of hydrogen-bond acceptors (Lipinski definition) is 6. The zero-order valence-electron chi connectivity index (χ0n) is 10.3. The van der Waals surface area contributed by atoms with Crippen molar-refractivity contribution in [3.05, 3.63) is 43.9 Å². The van der Waals surface area contributed by atoms with Crippen LogP contribution in [-0.2, 0) is 6.42 Å². The van der Waals surface area contributed by atoms with Gasteiger partial charge in [-0.05, 0) is 18.6 Å². The molecule has 0 radical (unpaired) electrons. The fourth-order valence-corrected chi connectivity index (χ4v) is 2.41. The van der Waals surface area contributed by atoms with Crippen molar-refractivity contribution >= 4 is 39.7 Å². The molecule has 0 aliphatic rings. The molecule has 0 aliphatic heterocycles. The monoisotopic (exact) mass is 312 g/mol. The number of amides is 1. The number of nitrogens with one attached hydrogen (secondary N) is 1. The van der Waals surface area contributed by atoms with E-state index in [0.717, 1.165) is 5.01 Å². The predicted molar refractivity (Wildman–Crippen MR) is 75.3 cm³/mol. The Hall–Kier alpha value is -2.06. The lowest BCUT2D eigenvalue weighted by atomic mass is 10.1. The second-order valence-electron chi connectivity index (χ2n) is 3.70. The van der Waals surface area contributed by atoms with Gasteiger partial charge in [-0.15, -0.1) is 10.2 Å². The molecule has 0 fully saturated rings. The van der Waals surface area contributed by atoms with Crippen LogP contribution in [0.15, 0.2) is 18.2 Å². The summed E-state index contributed by atoms with van der Waals surface area (Å²) in [4.78, 5) is 22.3.